The van der Waals surface area contributed by atoms with Crippen LogP contribution >= 0.6 is 0 Å². The molecule has 0 unspecified atom stereocenters. The van der Waals surface area contributed by atoms with Crippen molar-refractivity contribution in [3.63, 3.8) is 0 Å². The van der Waals surface area contributed by atoms with Gasteiger partial charge in [0.25, 0.3) is 0 Å². The largest absolute Gasteiger partial charge is 0.273 e. The lowest BCUT2D eigenvalue weighted by molar-refractivity contribution is -0.121. The lowest BCUT2D eigenvalue weighted by Gasteiger charge is -2.01. The summed E-state index contributed by atoms with van der Waals surface area (Å²) in [6.07, 6.45) is 5.25. The highest BCUT2D eigenvalue weighted by atomic mass is 16.2. The zero-order valence-electron chi connectivity index (χ0n) is 17.8. The maximum Gasteiger partial charge on any atom is 0.240 e. The first kappa shape index (κ1) is 22.6. The molecule has 0 aliphatic rings. The number of rotatable bonds is 10. The molecule has 0 radical (unpaired) electrons. The van der Waals surface area contributed by atoms with Crippen molar-refractivity contribution in [2.45, 2.75) is 25.7 Å². The first-order chi connectivity index (χ1) is 15.7. The molecule has 6 nitrogen and oxygen atoms in total. The third kappa shape index (κ3) is 8.36. The van der Waals surface area contributed by atoms with E-state index in [1.807, 2.05) is 84.9 Å². The highest BCUT2D eigenvalue weighted by Crippen LogP contribution is 2.04. The fourth-order valence-electron chi connectivity index (χ4n) is 2.99. The van der Waals surface area contributed by atoms with Crippen LogP contribution in [0.4, 0.5) is 0 Å². The molecule has 2 amide bonds. The molecule has 0 heterocycles. The highest BCUT2D eigenvalue weighted by molar-refractivity contribution is 5.87. The van der Waals surface area contributed by atoms with Crippen molar-refractivity contribution >= 4 is 24.2 Å². The van der Waals surface area contributed by atoms with Crippen molar-refractivity contribution in [2.24, 2.45) is 10.2 Å². The number of carbonyl (C=O) groups is 2. The molecule has 6 heteroatoms. The highest BCUT2D eigenvalue weighted by Gasteiger charge is 2.01. The SMILES string of the molecule is O=C(CCc1ccccc1)N/N=C\c1cccc(/C=N\NC(=O)CCc2ccccc2)c1. The van der Waals surface area contributed by atoms with Crippen LogP contribution in [0, 0.1) is 0 Å². The molecule has 0 aliphatic heterocycles. The average Bonchev–Trinajstić information content (AvgIpc) is 2.83. The van der Waals surface area contributed by atoms with Gasteiger partial charge in [0.15, 0.2) is 0 Å². The van der Waals surface area contributed by atoms with E-state index < -0.39 is 0 Å². The van der Waals surface area contributed by atoms with E-state index in [1.165, 1.54) is 0 Å². The van der Waals surface area contributed by atoms with Crippen molar-refractivity contribution in [1.82, 2.24) is 10.9 Å². The van der Waals surface area contributed by atoms with Gasteiger partial charge in [-0.25, -0.2) is 10.9 Å². The summed E-state index contributed by atoms with van der Waals surface area (Å²) in [7, 11) is 0. The number of benzene rings is 3. The molecule has 32 heavy (non-hydrogen) atoms. The molecule has 0 saturated heterocycles. The van der Waals surface area contributed by atoms with Crippen LogP contribution in [0.5, 0.6) is 0 Å². The van der Waals surface area contributed by atoms with E-state index in [-0.39, 0.29) is 11.8 Å². The third-order valence-electron chi connectivity index (χ3n) is 4.68. The molecule has 3 rings (SSSR count). The fourth-order valence-corrected chi connectivity index (χ4v) is 2.99. The number of hydrazone groups is 2. The monoisotopic (exact) mass is 426 g/mol. The number of nitrogens with one attached hydrogen (secondary N) is 2. The summed E-state index contributed by atoms with van der Waals surface area (Å²) >= 11 is 0. The van der Waals surface area contributed by atoms with Gasteiger partial charge in [-0.3, -0.25) is 9.59 Å². The number of nitrogens with zero attached hydrogens (tertiary/aromatic N) is 2. The van der Waals surface area contributed by atoms with Crippen molar-refractivity contribution in [3.05, 3.63) is 107 Å². The zero-order chi connectivity index (χ0) is 22.4. The molecule has 3 aromatic rings. The average molecular weight is 427 g/mol. The Labute approximate surface area is 188 Å². The van der Waals surface area contributed by atoms with Crippen LogP contribution in [0.3, 0.4) is 0 Å². The Kier molecular flexibility index (Phi) is 8.90. The summed E-state index contributed by atoms with van der Waals surface area (Å²) in [6, 6.07) is 27.2. The quantitative estimate of drug-likeness (QED) is 0.381. The molecule has 0 fully saturated rings. The lowest BCUT2D eigenvalue weighted by atomic mass is 10.1. The van der Waals surface area contributed by atoms with E-state index >= 15 is 0 Å². The van der Waals surface area contributed by atoms with Crippen molar-refractivity contribution in [1.29, 1.82) is 0 Å². The van der Waals surface area contributed by atoms with Gasteiger partial charge < -0.3 is 0 Å². The smallest absolute Gasteiger partial charge is 0.240 e. The Morgan fingerprint density at radius 2 is 1.06 bits per heavy atom. The standard InChI is InChI=1S/C26H26N4O2/c31-25(16-14-21-8-3-1-4-9-21)29-27-19-23-12-7-13-24(18-23)20-28-30-26(32)17-15-22-10-5-2-6-11-22/h1-13,18-20H,14-17H2,(H,29,31)(H,30,32)/b27-19-,28-20-. The predicted molar refractivity (Wildman–Crippen MR) is 127 cm³/mol. The maximum absolute atomic E-state index is 11.9. The van der Waals surface area contributed by atoms with Gasteiger partial charge in [-0.2, -0.15) is 10.2 Å². The van der Waals surface area contributed by atoms with Gasteiger partial charge in [-0.05, 0) is 41.2 Å². The molecule has 2 N–H and O–H groups in total. The van der Waals surface area contributed by atoms with E-state index in [9.17, 15) is 9.59 Å². The minimum atomic E-state index is -0.138. The summed E-state index contributed by atoms with van der Waals surface area (Å²) in [5.74, 6) is -0.276. The number of carbonyl (C=O) groups excluding carboxylic acids is 2. The topological polar surface area (TPSA) is 82.9 Å². The Hall–Kier alpha value is -4.06. The van der Waals surface area contributed by atoms with E-state index in [2.05, 4.69) is 21.1 Å². The first-order valence-corrected chi connectivity index (χ1v) is 10.5. The number of amides is 2. The van der Waals surface area contributed by atoms with E-state index in [0.29, 0.717) is 25.7 Å². The molecular weight excluding hydrogens is 400 g/mol. The van der Waals surface area contributed by atoms with Gasteiger partial charge in [0.05, 0.1) is 12.4 Å². The Morgan fingerprint density at radius 1 is 0.625 bits per heavy atom. The molecule has 162 valence electrons. The Morgan fingerprint density at radius 3 is 1.50 bits per heavy atom. The number of aryl methyl sites for hydroxylation is 2. The third-order valence-corrected chi connectivity index (χ3v) is 4.68. The van der Waals surface area contributed by atoms with Gasteiger partial charge in [-0.1, -0.05) is 78.9 Å². The second-order valence-corrected chi connectivity index (χ2v) is 7.23. The molecule has 0 spiro atoms. The summed E-state index contributed by atoms with van der Waals surface area (Å²) in [5.41, 5.74) is 8.95. The van der Waals surface area contributed by atoms with Crippen molar-refractivity contribution in [2.75, 3.05) is 0 Å². The summed E-state index contributed by atoms with van der Waals surface area (Å²) in [5, 5.41) is 8.04. The number of hydrogen-bond donors (Lipinski definition) is 2. The van der Waals surface area contributed by atoms with Crippen LogP contribution in [0.15, 0.2) is 95.1 Å². The molecule has 0 bridgehead atoms. The Balaban J connectivity index is 1.41. The van der Waals surface area contributed by atoms with Crippen LogP contribution < -0.4 is 10.9 Å². The Bertz CT molecular complexity index is 981. The molecule has 0 aliphatic carbocycles. The molecule has 3 aromatic carbocycles. The second kappa shape index (κ2) is 12.6. The van der Waals surface area contributed by atoms with Crippen LogP contribution in [0.1, 0.15) is 35.1 Å². The fraction of sp³-hybridized carbons (Fsp3) is 0.154. The van der Waals surface area contributed by atoms with Gasteiger partial charge in [-0.15, -0.1) is 0 Å². The van der Waals surface area contributed by atoms with Crippen LogP contribution in [-0.2, 0) is 22.4 Å². The minimum Gasteiger partial charge on any atom is -0.273 e. The second-order valence-electron chi connectivity index (χ2n) is 7.23. The van der Waals surface area contributed by atoms with Crippen LogP contribution in [-0.4, -0.2) is 24.2 Å². The maximum atomic E-state index is 11.9. The summed E-state index contributed by atoms with van der Waals surface area (Å²) in [4.78, 5) is 23.9. The molecule has 0 aromatic heterocycles. The lowest BCUT2D eigenvalue weighted by Crippen LogP contribution is -2.18. The van der Waals surface area contributed by atoms with Gasteiger partial charge in [0.2, 0.25) is 11.8 Å². The van der Waals surface area contributed by atoms with Gasteiger partial charge in [0.1, 0.15) is 0 Å². The normalized spacial score (nSPS) is 11.0. The van der Waals surface area contributed by atoms with E-state index in [0.717, 1.165) is 22.3 Å². The van der Waals surface area contributed by atoms with Crippen LogP contribution in [0.2, 0.25) is 0 Å². The summed E-state index contributed by atoms with van der Waals surface area (Å²) in [6.45, 7) is 0. The summed E-state index contributed by atoms with van der Waals surface area (Å²) < 4.78 is 0. The number of hydrogen-bond acceptors (Lipinski definition) is 4. The first-order valence-electron chi connectivity index (χ1n) is 10.5. The van der Waals surface area contributed by atoms with Crippen LogP contribution in [0.25, 0.3) is 0 Å². The zero-order valence-corrected chi connectivity index (χ0v) is 17.8. The van der Waals surface area contributed by atoms with Gasteiger partial charge >= 0.3 is 0 Å². The van der Waals surface area contributed by atoms with E-state index in [4.69, 9.17) is 0 Å². The minimum absolute atomic E-state index is 0.138. The molecule has 0 saturated carbocycles. The molecule has 0 atom stereocenters. The molecular formula is C26H26N4O2. The van der Waals surface area contributed by atoms with E-state index in [1.54, 1.807) is 12.4 Å². The van der Waals surface area contributed by atoms with Gasteiger partial charge in [0, 0.05) is 12.8 Å². The van der Waals surface area contributed by atoms with Crippen molar-refractivity contribution < 1.29 is 9.59 Å². The van der Waals surface area contributed by atoms with Crippen molar-refractivity contribution in [3.8, 4) is 0 Å². The predicted octanol–water partition coefficient (Wildman–Crippen LogP) is 3.85.